The van der Waals surface area contributed by atoms with E-state index in [0.29, 0.717) is 30.5 Å². The molecule has 2 aromatic rings. The van der Waals surface area contributed by atoms with Crippen LogP contribution in [0.3, 0.4) is 0 Å². The Morgan fingerprint density at radius 3 is 2.68 bits per heavy atom. The van der Waals surface area contributed by atoms with Crippen LogP contribution in [0, 0.1) is 6.92 Å². The number of carbonyl (C=O) groups excluding carboxylic acids is 1. The fraction of sp³-hybridized carbons (Fsp3) is 0.500. The van der Waals surface area contributed by atoms with Gasteiger partial charge in [-0.25, -0.2) is 0 Å². The van der Waals surface area contributed by atoms with Crippen LogP contribution in [0.4, 0.5) is 0 Å². The van der Waals surface area contributed by atoms with Gasteiger partial charge in [0.05, 0.1) is 12.2 Å². The van der Waals surface area contributed by atoms with Crippen molar-refractivity contribution in [2.75, 3.05) is 26.2 Å². The van der Waals surface area contributed by atoms with Gasteiger partial charge in [0, 0.05) is 19.1 Å². The van der Waals surface area contributed by atoms with Crippen LogP contribution in [0.25, 0.3) is 0 Å². The lowest BCUT2D eigenvalue weighted by Gasteiger charge is -2.32. The first-order chi connectivity index (χ1) is 12.2. The second-order valence-corrected chi connectivity index (χ2v) is 6.42. The maximum Gasteiger partial charge on any atom is 0.257 e. The highest BCUT2D eigenvalue weighted by molar-refractivity contribution is 5.97. The number of hydrogen-bond donors (Lipinski definition) is 1. The van der Waals surface area contributed by atoms with Crippen molar-refractivity contribution >= 4 is 5.91 Å². The summed E-state index contributed by atoms with van der Waals surface area (Å²) in [5, 5.41) is 7.72. The van der Waals surface area contributed by atoms with Crippen molar-refractivity contribution < 1.29 is 9.53 Å². The number of ether oxygens (including phenoxy) is 1. The summed E-state index contributed by atoms with van der Waals surface area (Å²) in [6.07, 6.45) is 6.06. The zero-order valence-corrected chi connectivity index (χ0v) is 14.6. The van der Waals surface area contributed by atoms with Crippen molar-refractivity contribution in [2.24, 2.45) is 5.73 Å². The summed E-state index contributed by atoms with van der Waals surface area (Å²) in [6.45, 7) is 4.53. The van der Waals surface area contributed by atoms with Gasteiger partial charge in [-0.05, 0) is 50.4 Å². The normalized spacial score (nSPS) is 15.4. The molecule has 2 heterocycles. The summed E-state index contributed by atoms with van der Waals surface area (Å²) in [5.41, 5.74) is 7.23. The number of nitrogens with two attached hydrogens (primary N) is 1. The lowest BCUT2D eigenvalue weighted by Crippen LogP contribution is -2.39. The number of hydrogen-bond acceptors (Lipinski definition) is 5. The zero-order valence-electron chi connectivity index (χ0n) is 14.6. The number of nitrogens with zero attached hydrogens (tertiary/aromatic N) is 4. The van der Waals surface area contributed by atoms with Gasteiger partial charge in [0.1, 0.15) is 18.4 Å². The molecule has 1 amide bonds. The molecule has 1 aliphatic rings. The van der Waals surface area contributed by atoms with Crippen molar-refractivity contribution in [2.45, 2.75) is 32.2 Å². The van der Waals surface area contributed by atoms with Crippen molar-refractivity contribution in [1.29, 1.82) is 0 Å². The molecule has 25 heavy (non-hydrogen) atoms. The molecule has 0 saturated carbocycles. The van der Waals surface area contributed by atoms with Crippen LogP contribution in [-0.2, 0) is 0 Å². The van der Waals surface area contributed by atoms with Gasteiger partial charge in [-0.3, -0.25) is 4.79 Å². The Hall–Kier alpha value is -2.41. The molecule has 7 nitrogen and oxygen atoms in total. The van der Waals surface area contributed by atoms with Crippen LogP contribution in [0.15, 0.2) is 30.9 Å². The molecule has 1 fully saturated rings. The number of aromatic nitrogens is 3. The Bertz CT molecular complexity index is 693. The molecule has 0 aliphatic carbocycles. The molecule has 0 bridgehead atoms. The second kappa shape index (κ2) is 8.11. The highest BCUT2D eigenvalue weighted by Gasteiger charge is 2.26. The van der Waals surface area contributed by atoms with Crippen LogP contribution >= 0.6 is 0 Å². The lowest BCUT2D eigenvalue weighted by molar-refractivity contribution is 0.0690. The molecule has 1 aliphatic heterocycles. The van der Waals surface area contributed by atoms with Gasteiger partial charge < -0.3 is 19.9 Å². The molecule has 2 N–H and O–H groups in total. The molecular formula is C18H25N5O2. The predicted octanol–water partition coefficient (Wildman–Crippen LogP) is 1.79. The van der Waals surface area contributed by atoms with Gasteiger partial charge in [0.25, 0.3) is 5.91 Å². The second-order valence-electron chi connectivity index (χ2n) is 6.42. The molecule has 3 rings (SSSR count). The molecule has 1 aromatic heterocycles. The zero-order chi connectivity index (χ0) is 17.6. The molecule has 7 heteroatoms. The molecule has 0 radical (unpaired) electrons. The van der Waals surface area contributed by atoms with Crippen LogP contribution in [0.1, 0.15) is 41.2 Å². The van der Waals surface area contributed by atoms with Gasteiger partial charge in [0.15, 0.2) is 0 Å². The molecule has 0 atom stereocenters. The quantitative estimate of drug-likeness (QED) is 0.808. The topological polar surface area (TPSA) is 86.3 Å². The van der Waals surface area contributed by atoms with E-state index in [4.69, 9.17) is 10.5 Å². The van der Waals surface area contributed by atoms with Gasteiger partial charge in [-0.2, -0.15) is 0 Å². The number of amides is 1. The molecule has 0 spiro atoms. The van der Waals surface area contributed by atoms with Gasteiger partial charge in [-0.15, -0.1) is 10.2 Å². The highest BCUT2D eigenvalue weighted by Crippen LogP contribution is 2.26. The standard InChI is InChI=1S/C18H25N5O2/c1-14-3-4-16(17(11-14)25-10-2-7-19)18(24)22-8-5-15(6-9-22)23-12-20-21-13-23/h3-4,11-13,15H,2,5-10,19H2,1H3. The van der Waals surface area contributed by atoms with E-state index in [9.17, 15) is 4.79 Å². The maximum absolute atomic E-state index is 12.9. The Morgan fingerprint density at radius 2 is 2.00 bits per heavy atom. The van der Waals surface area contributed by atoms with Crippen LogP contribution in [0.5, 0.6) is 5.75 Å². The summed E-state index contributed by atoms with van der Waals surface area (Å²) in [7, 11) is 0. The first kappa shape index (κ1) is 17.4. The number of likely N-dealkylation sites (tertiary alicyclic amines) is 1. The van der Waals surface area contributed by atoms with Crippen LogP contribution in [-0.4, -0.2) is 51.8 Å². The van der Waals surface area contributed by atoms with E-state index in [-0.39, 0.29) is 5.91 Å². The minimum atomic E-state index is 0.0324. The Labute approximate surface area is 147 Å². The van der Waals surface area contributed by atoms with E-state index in [1.807, 2.05) is 34.6 Å². The third-order valence-corrected chi connectivity index (χ3v) is 4.58. The fourth-order valence-electron chi connectivity index (χ4n) is 3.13. The fourth-order valence-corrected chi connectivity index (χ4v) is 3.13. The van der Waals surface area contributed by atoms with E-state index in [0.717, 1.165) is 37.9 Å². The number of carbonyl (C=O) groups is 1. The van der Waals surface area contributed by atoms with Crippen LogP contribution in [0.2, 0.25) is 0 Å². The number of rotatable bonds is 6. The van der Waals surface area contributed by atoms with E-state index in [2.05, 4.69) is 10.2 Å². The lowest BCUT2D eigenvalue weighted by atomic mass is 10.0. The van der Waals surface area contributed by atoms with Crippen molar-refractivity contribution in [3.63, 3.8) is 0 Å². The van der Waals surface area contributed by atoms with E-state index in [1.165, 1.54) is 0 Å². The molecular weight excluding hydrogens is 318 g/mol. The smallest absolute Gasteiger partial charge is 0.257 e. The van der Waals surface area contributed by atoms with Crippen molar-refractivity contribution in [3.05, 3.63) is 42.0 Å². The SMILES string of the molecule is Cc1ccc(C(=O)N2CCC(n3cnnc3)CC2)c(OCCCN)c1. The first-order valence-electron chi connectivity index (χ1n) is 8.76. The average Bonchev–Trinajstić information content (AvgIpc) is 3.16. The minimum absolute atomic E-state index is 0.0324. The van der Waals surface area contributed by atoms with Gasteiger partial charge >= 0.3 is 0 Å². The first-order valence-corrected chi connectivity index (χ1v) is 8.76. The maximum atomic E-state index is 12.9. The minimum Gasteiger partial charge on any atom is -0.493 e. The Morgan fingerprint density at radius 1 is 1.28 bits per heavy atom. The van der Waals surface area contributed by atoms with Crippen LogP contribution < -0.4 is 10.5 Å². The summed E-state index contributed by atoms with van der Waals surface area (Å²) >= 11 is 0. The monoisotopic (exact) mass is 343 g/mol. The van der Waals surface area contributed by atoms with E-state index < -0.39 is 0 Å². The molecule has 1 saturated heterocycles. The number of aryl methyl sites for hydroxylation is 1. The summed E-state index contributed by atoms with van der Waals surface area (Å²) in [4.78, 5) is 14.9. The number of piperidine rings is 1. The third kappa shape index (κ3) is 4.17. The summed E-state index contributed by atoms with van der Waals surface area (Å²) in [5.74, 6) is 0.685. The summed E-state index contributed by atoms with van der Waals surface area (Å²) in [6, 6.07) is 6.10. The average molecular weight is 343 g/mol. The van der Waals surface area contributed by atoms with Crippen molar-refractivity contribution in [1.82, 2.24) is 19.7 Å². The number of benzene rings is 1. The Kier molecular flexibility index (Phi) is 5.65. The highest BCUT2D eigenvalue weighted by atomic mass is 16.5. The predicted molar refractivity (Wildman–Crippen MR) is 94.5 cm³/mol. The Balaban J connectivity index is 1.67. The van der Waals surface area contributed by atoms with E-state index >= 15 is 0 Å². The van der Waals surface area contributed by atoms with Crippen molar-refractivity contribution in [3.8, 4) is 5.75 Å². The molecule has 1 aromatic carbocycles. The van der Waals surface area contributed by atoms with E-state index in [1.54, 1.807) is 12.7 Å². The molecule has 134 valence electrons. The van der Waals surface area contributed by atoms with Gasteiger partial charge in [0.2, 0.25) is 0 Å². The third-order valence-electron chi connectivity index (χ3n) is 4.58. The summed E-state index contributed by atoms with van der Waals surface area (Å²) < 4.78 is 7.83. The molecule has 0 unspecified atom stereocenters. The largest absolute Gasteiger partial charge is 0.493 e. The van der Waals surface area contributed by atoms with Gasteiger partial charge in [-0.1, -0.05) is 6.07 Å².